The number of hydrogen-bond donors (Lipinski definition) is 0. The third kappa shape index (κ3) is 6.27. The van der Waals surface area contributed by atoms with Crippen molar-refractivity contribution in [2.24, 2.45) is 0 Å². The minimum atomic E-state index is -0.423. The van der Waals surface area contributed by atoms with Crippen molar-refractivity contribution < 1.29 is 19.1 Å². The molecule has 10 heteroatoms. The molecule has 2 heterocycles. The molecule has 0 spiro atoms. The molecule has 0 saturated carbocycles. The quantitative estimate of drug-likeness (QED) is 0.264. The van der Waals surface area contributed by atoms with Crippen molar-refractivity contribution in [3.63, 3.8) is 0 Å². The SMILES string of the molecule is O=C(CN1C(=O)S/C(=C\c2cc(I)c(OCc3ccc(Cl)cc3)c(I)c2)C1=O)N1CCCCC1. The molecule has 4 rings (SSSR count). The molecular weight excluding hydrogens is 702 g/mol. The number of benzene rings is 2. The highest BCUT2D eigenvalue weighted by Crippen LogP contribution is 2.35. The largest absolute Gasteiger partial charge is 0.487 e. The highest BCUT2D eigenvalue weighted by atomic mass is 127. The van der Waals surface area contributed by atoms with Crippen LogP contribution in [-0.4, -0.2) is 46.5 Å². The first-order valence-electron chi connectivity index (χ1n) is 10.7. The summed E-state index contributed by atoms with van der Waals surface area (Å²) in [6.45, 7) is 1.59. The van der Waals surface area contributed by atoms with Gasteiger partial charge in [0.1, 0.15) is 18.9 Å². The van der Waals surface area contributed by atoms with Crippen molar-refractivity contribution in [3.8, 4) is 5.75 Å². The van der Waals surface area contributed by atoms with Crippen LogP contribution in [0.15, 0.2) is 41.3 Å². The van der Waals surface area contributed by atoms with Crippen molar-refractivity contribution in [3.05, 3.63) is 64.6 Å². The summed E-state index contributed by atoms with van der Waals surface area (Å²) in [4.78, 5) is 41.0. The Morgan fingerprint density at radius 3 is 2.35 bits per heavy atom. The van der Waals surface area contributed by atoms with E-state index in [9.17, 15) is 14.4 Å². The summed E-state index contributed by atoms with van der Waals surface area (Å²) in [5.41, 5.74) is 1.80. The van der Waals surface area contributed by atoms with Crippen molar-refractivity contribution in [1.82, 2.24) is 9.80 Å². The molecule has 0 aromatic heterocycles. The number of amides is 3. The fourth-order valence-electron chi connectivity index (χ4n) is 3.70. The van der Waals surface area contributed by atoms with Crippen LogP contribution in [-0.2, 0) is 16.2 Å². The maximum atomic E-state index is 12.9. The van der Waals surface area contributed by atoms with Gasteiger partial charge in [-0.15, -0.1) is 0 Å². The molecule has 2 aliphatic heterocycles. The summed E-state index contributed by atoms with van der Waals surface area (Å²) in [5.74, 6) is 0.163. The first-order chi connectivity index (χ1) is 16.3. The average molecular weight is 723 g/mol. The second-order valence-corrected chi connectivity index (χ2v) is 11.7. The Hall–Kier alpha value is -1.31. The third-order valence-electron chi connectivity index (χ3n) is 5.49. The van der Waals surface area contributed by atoms with E-state index < -0.39 is 11.1 Å². The summed E-state index contributed by atoms with van der Waals surface area (Å²) >= 11 is 11.2. The summed E-state index contributed by atoms with van der Waals surface area (Å²) in [6.07, 6.45) is 4.73. The lowest BCUT2D eigenvalue weighted by Crippen LogP contribution is -2.44. The summed E-state index contributed by atoms with van der Waals surface area (Å²) < 4.78 is 7.81. The average Bonchev–Trinajstić information content (AvgIpc) is 3.07. The number of hydrogen-bond acceptors (Lipinski definition) is 5. The van der Waals surface area contributed by atoms with E-state index in [4.69, 9.17) is 16.3 Å². The maximum absolute atomic E-state index is 12.9. The van der Waals surface area contributed by atoms with Gasteiger partial charge in [-0.3, -0.25) is 19.3 Å². The summed E-state index contributed by atoms with van der Waals surface area (Å²) in [6, 6.07) is 11.3. The van der Waals surface area contributed by atoms with E-state index in [2.05, 4.69) is 45.2 Å². The van der Waals surface area contributed by atoms with Crippen LogP contribution in [0.4, 0.5) is 4.79 Å². The van der Waals surface area contributed by atoms with Crippen LogP contribution in [0.25, 0.3) is 6.08 Å². The van der Waals surface area contributed by atoms with Gasteiger partial charge in [-0.1, -0.05) is 23.7 Å². The molecule has 0 atom stereocenters. The third-order valence-corrected chi connectivity index (χ3v) is 8.25. The Morgan fingerprint density at radius 1 is 1.06 bits per heavy atom. The van der Waals surface area contributed by atoms with Crippen LogP contribution in [0.2, 0.25) is 5.02 Å². The van der Waals surface area contributed by atoms with Crippen molar-refractivity contribution in [1.29, 1.82) is 0 Å². The molecule has 2 aromatic rings. The highest BCUT2D eigenvalue weighted by Gasteiger charge is 2.37. The Bertz CT molecular complexity index is 1130. The number of nitrogens with zero attached hydrogens (tertiary/aromatic N) is 2. The zero-order valence-corrected chi connectivity index (χ0v) is 23.9. The van der Waals surface area contributed by atoms with Crippen LogP contribution in [0.5, 0.6) is 5.75 Å². The standard InChI is InChI=1S/C24H21ClI2N2O4S/c25-17-6-4-15(5-7-17)14-33-22-18(26)10-16(11-19(22)27)12-20-23(31)29(24(32)34-20)13-21(30)28-8-2-1-3-9-28/h4-7,10-12H,1-3,8-9,13-14H2/b20-12-. The van der Waals surface area contributed by atoms with Crippen molar-refractivity contribution in [2.45, 2.75) is 25.9 Å². The molecule has 0 radical (unpaired) electrons. The van der Waals surface area contributed by atoms with Crippen LogP contribution in [0.1, 0.15) is 30.4 Å². The van der Waals surface area contributed by atoms with E-state index in [0.717, 1.165) is 59.9 Å². The van der Waals surface area contributed by atoms with Crippen molar-refractivity contribution in [2.75, 3.05) is 19.6 Å². The number of ether oxygens (including phenoxy) is 1. The Morgan fingerprint density at radius 2 is 1.71 bits per heavy atom. The lowest BCUT2D eigenvalue weighted by atomic mass is 10.1. The Labute approximate surface area is 234 Å². The minimum absolute atomic E-state index is 0.172. The van der Waals surface area contributed by atoms with E-state index >= 15 is 0 Å². The van der Waals surface area contributed by atoms with Gasteiger partial charge < -0.3 is 9.64 Å². The van der Waals surface area contributed by atoms with Gasteiger partial charge in [0.15, 0.2) is 0 Å². The molecule has 2 aliphatic rings. The molecule has 0 unspecified atom stereocenters. The van der Waals surface area contributed by atoms with Gasteiger partial charge in [0.05, 0.1) is 12.0 Å². The molecule has 2 fully saturated rings. The first kappa shape index (κ1) is 25.8. The predicted octanol–water partition coefficient (Wildman–Crippen LogP) is 6.18. The number of imide groups is 1. The monoisotopic (exact) mass is 722 g/mol. The minimum Gasteiger partial charge on any atom is -0.487 e. The first-order valence-corrected chi connectivity index (χ1v) is 14.1. The van der Waals surface area contributed by atoms with Gasteiger partial charge in [0.2, 0.25) is 5.91 Å². The number of piperidine rings is 1. The summed E-state index contributed by atoms with van der Waals surface area (Å²) in [7, 11) is 0. The fourth-order valence-corrected chi connectivity index (χ4v) is 6.80. The molecule has 3 amide bonds. The number of thioether (sulfide) groups is 1. The zero-order valence-electron chi connectivity index (χ0n) is 18.1. The van der Waals surface area contributed by atoms with E-state index in [1.807, 2.05) is 36.4 Å². The number of carbonyl (C=O) groups excluding carboxylic acids is 3. The number of likely N-dealkylation sites (tertiary alicyclic amines) is 1. The molecular formula is C24H21ClI2N2O4S. The second kappa shape index (κ2) is 11.6. The van der Waals surface area contributed by atoms with Crippen LogP contribution in [0.3, 0.4) is 0 Å². The lowest BCUT2D eigenvalue weighted by molar-refractivity contribution is -0.136. The highest BCUT2D eigenvalue weighted by molar-refractivity contribution is 14.1. The molecule has 34 heavy (non-hydrogen) atoms. The molecule has 0 aliphatic carbocycles. The van der Waals surface area contributed by atoms with Crippen molar-refractivity contribution >= 4 is 91.7 Å². The second-order valence-electron chi connectivity index (χ2n) is 7.94. The normalized spacial score (nSPS) is 17.6. The van der Waals surface area contributed by atoms with Crippen LogP contribution >= 0.6 is 68.5 Å². The van der Waals surface area contributed by atoms with Gasteiger partial charge in [0, 0.05) is 18.1 Å². The van der Waals surface area contributed by atoms with Gasteiger partial charge in [-0.05, 0) is 118 Å². The fraction of sp³-hybridized carbons (Fsp3) is 0.292. The van der Waals surface area contributed by atoms with E-state index in [0.29, 0.717) is 29.6 Å². The predicted molar refractivity (Wildman–Crippen MR) is 151 cm³/mol. The molecule has 0 N–H and O–H groups in total. The van der Waals surface area contributed by atoms with Gasteiger partial charge in [-0.25, -0.2) is 0 Å². The van der Waals surface area contributed by atoms with E-state index in [-0.39, 0.29) is 12.5 Å². The van der Waals surface area contributed by atoms with E-state index in [1.54, 1.807) is 11.0 Å². The molecule has 2 aromatic carbocycles. The smallest absolute Gasteiger partial charge is 0.294 e. The van der Waals surface area contributed by atoms with E-state index in [1.165, 1.54) is 0 Å². The molecule has 178 valence electrons. The number of halogens is 3. The lowest BCUT2D eigenvalue weighted by Gasteiger charge is -2.27. The topological polar surface area (TPSA) is 66.9 Å². The van der Waals surface area contributed by atoms with Crippen LogP contribution in [0, 0.1) is 7.14 Å². The molecule has 2 saturated heterocycles. The van der Waals surface area contributed by atoms with Crippen LogP contribution < -0.4 is 4.74 Å². The zero-order chi connectivity index (χ0) is 24.2. The maximum Gasteiger partial charge on any atom is 0.294 e. The Balaban J connectivity index is 1.44. The Kier molecular flexibility index (Phi) is 8.81. The van der Waals surface area contributed by atoms with Gasteiger partial charge in [-0.2, -0.15) is 0 Å². The van der Waals surface area contributed by atoms with Gasteiger partial charge in [0.25, 0.3) is 11.1 Å². The van der Waals surface area contributed by atoms with Gasteiger partial charge >= 0.3 is 0 Å². The molecule has 0 bridgehead atoms. The number of carbonyl (C=O) groups is 3. The molecule has 6 nitrogen and oxygen atoms in total. The number of rotatable bonds is 6. The summed E-state index contributed by atoms with van der Waals surface area (Å²) in [5, 5.41) is 0.270.